The van der Waals surface area contributed by atoms with Crippen LogP contribution < -0.4 is 4.74 Å². The molecule has 1 aliphatic heterocycles. The Labute approximate surface area is 114 Å². The highest BCUT2D eigenvalue weighted by Crippen LogP contribution is 2.21. The molecule has 0 amide bonds. The molecule has 0 bridgehead atoms. The van der Waals surface area contributed by atoms with Gasteiger partial charge in [-0.2, -0.15) is 0 Å². The second kappa shape index (κ2) is 5.08. The summed E-state index contributed by atoms with van der Waals surface area (Å²) in [7, 11) is 1.69. The van der Waals surface area contributed by atoms with Crippen molar-refractivity contribution in [1.29, 1.82) is 0 Å². The van der Waals surface area contributed by atoms with Gasteiger partial charge in [0.25, 0.3) is 0 Å². The molecule has 3 heteroatoms. The molecule has 3 nitrogen and oxygen atoms in total. The van der Waals surface area contributed by atoms with Crippen molar-refractivity contribution in [3.05, 3.63) is 47.5 Å². The van der Waals surface area contributed by atoms with E-state index in [1.807, 2.05) is 12.1 Å². The lowest BCUT2D eigenvalue weighted by Gasteiger charge is -2.18. The predicted molar refractivity (Wildman–Crippen MR) is 75.5 cm³/mol. The van der Waals surface area contributed by atoms with Crippen LogP contribution in [0.15, 0.2) is 30.5 Å². The molecule has 1 aliphatic rings. The van der Waals surface area contributed by atoms with Crippen LogP contribution in [0.3, 0.4) is 0 Å². The van der Waals surface area contributed by atoms with E-state index < -0.39 is 0 Å². The molecule has 1 aromatic heterocycles. The zero-order valence-corrected chi connectivity index (χ0v) is 11.6. The average molecular weight is 256 g/mol. The summed E-state index contributed by atoms with van der Waals surface area (Å²) < 4.78 is 7.50. The minimum atomic E-state index is 0.767. The standard InChI is InChI=1S/C16H20N2O/c1-12-7-8-18-11-14(17-16(18)9-12)10-13-3-5-15(19-2)6-4-13/h3-6,11-12H,7-10H2,1-2H3. The number of benzene rings is 1. The fraction of sp³-hybridized carbons (Fsp3) is 0.438. The average Bonchev–Trinajstić information content (AvgIpc) is 2.81. The van der Waals surface area contributed by atoms with Gasteiger partial charge in [-0.25, -0.2) is 4.98 Å². The van der Waals surface area contributed by atoms with Crippen LogP contribution >= 0.6 is 0 Å². The van der Waals surface area contributed by atoms with Gasteiger partial charge >= 0.3 is 0 Å². The lowest BCUT2D eigenvalue weighted by molar-refractivity contribution is 0.409. The number of aromatic nitrogens is 2. The Bertz CT molecular complexity index is 557. The monoisotopic (exact) mass is 256 g/mol. The summed E-state index contributed by atoms with van der Waals surface area (Å²) in [6.07, 6.45) is 5.50. The number of ether oxygens (including phenoxy) is 1. The second-order valence-corrected chi connectivity index (χ2v) is 5.46. The third-order valence-electron chi connectivity index (χ3n) is 3.85. The molecule has 2 heterocycles. The third kappa shape index (κ3) is 2.65. The number of rotatable bonds is 3. The van der Waals surface area contributed by atoms with Crippen molar-refractivity contribution in [1.82, 2.24) is 9.55 Å². The van der Waals surface area contributed by atoms with E-state index in [0.29, 0.717) is 0 Å². The van der Waals surface area contributed by atoms with Crippen LogP contribution in [0.4, 0.5) is 0 Å². The third-order valence-corrected chi connectivity index (χ3v) is 3.85. The number of aryl methyl sites for hydroxylation is 1. The maximum absolute atomic E-state index is 5.18. The van der Waals surface area contributed by atoms with E-state index in [0.717, 1.165) is 31.1 Å². The maximum Gasteiger partial charge on any atom is 0.118 e. The highest BCUT2D eigenvalue weighted by Gasteiger charge is 2.17. The van der Waals surface area contributed by atoms with E-state index in [1.165, 1.54) is 23.5 Å². The molecular weight excluding hydrogens is 236 g/mol. The molecule has 0 spiro atoms. The Morgan fingerprint density at radius 2 is 2.11 bits per heavy atom. The Hall–Kier alpha value is -1.77. The Balaban J connectivity index is 1.76. The van der Waals surface area contributed by atoms with Crippen molar-refractivity contribution in [3.8, 4) is 5.75 Å². The first kappa shape index (κ1) is 12.3. The summed E-state index contributed by atoms with van der Waals surface area (Å²) in [5.41, 5.74) is 2.46. The second-order valence-electron chi connectivity index (χ2n) is 5.46. The van der Waals surface area contributed by atoms with Gasteiger partial charge in [-0.15, -0.1) is 0 Å². The largest absolute Gasteiger partial charge is 0.497 e. The van der Waals surface area contributed by atoms with Crippen LogP contribution in [0, 0.1) is 5.92 Å². The predicted octanol–water partition coefficient (Wildman–Crippen LogP) is 3.06. The van der Waals surface area contributed by atoms with E-state index in [4.69, 9.17) is 9.72 Å². The van der Waals surface area contributed by atoms with Gasteiger partial charge in [-0.05, 0) is 30.0 Å². The van der Waals surface area contributed by atoms with Crippen LogP contribution in [0.2, 0.25) is 0 Å². The van der Waals surface area contributed by atoms with Crippen molar-refractivity contribution in [2.24, 2.45) is 5.92 Å². The fourth-order valence-electron chi connectivity index (χ4n) is 2.68. The lowest BCUT2D eigenvalue weighted by Crippen LogP contribution is -2.16. The summed E-state index contributed by atoms with van der Waals surface area (Å²) in [6, 6.07) is 8.24. The van der Waals surface area contributed by atoms with Crippen LogP contribution in [0.5, 0.6) is 5.75 Å². The number of imidazole rings is 1. The molecule has 1 aromatic carbocycles. The first-order valence-corrected chi connectivity index (χ1v) is 6.92. The quantitative estimate of drug-likeness (QED) is 0.844. The van der Waals surface area contributed by atoms with E-state index in [1.54, 1.807) is 7.11 Å². The van der Waals surface area contributed by atoms with Gasteiger partial charge in [0, 0.05) is 25.6 Å². The number of nitrogens with zero attached hydrogens (tertiary/aromatic N) is 2. The molecule has 100 valence electrons. The molecule has 0 fully saturated rings. The van der Waals surface area contributed by atoms with Gasteiger partial charge in [0.05, 0.1) is 12.8 Å². The van der Waals surface area contributed by atoms with Gasteiger partial charge in [0.15, 0.2) is 0 Å². The van der Waals surface area contributed by atoms with Gasteiger partial charge in [-0.1, -0.05) is 19.1 Å². The van der Waals surface area contributed by atoms with E-state index >= 15 is 0 Å². The molecule has 1 atom stereocenters. The summed E-state index contributed by atoms with van der Waals surface area (Å²) in [5.74, 6) is 2.92. The molecule has 1 unspecified atom stereocenters. The highest BCUT2D eigenvalue weighted by molar-refractivity contribution is 5.29. The molecular formula is C16H20N2O. The number of hydrogen-bond acceptors (Lipinski definition) is 2. The maximum atomic E-state index is 5.18. The zero-order chi connectivity index (χ0) is 13.2. The molecule has 0 N–H and O–H groups in total. The number of fused-ring (bicyclic) bond motifs is 1. The fourth-order valence-corrected chi connectivity index (χ4v) is 2.68. The lowest BCUT2D eigenvalue weighted by atomic mass is 10.0. The van der Waals surface area contributed by atoms with Crippen molar-refractivity contribution < 1.29 is 4.74 Å². The van der Waals surface area contributed by atoms with Gasteiger partial charge in [0.1, 0.15) is 11.6 Å². The van der Waals surface area contributed by atoms with E-state index in [9.17, 15) is 0 Å². The van der Waals surface area contributed by atoms with Crippen LogP contribution in [0.25, 0.3) is 0 Å². The van der Waals surface area contributed by atoms with Crippen molar-refractivity contribution >= 4 is 0 Å². The molecule has 0 saturated carbocycles. The molecule has 0 saturated heterocycles. The Morgan fingerprint density at radius 1 is 1.32 bits per heavy atom. The van der Waals surface area contributed by atoms with Crippen LogP contribution in [-0.2, 0) is 19.4 Å². The Kier molecular flexibility index (Phi) is 3.28. The van der Waals surface area contributed by atoms with Crippen molar-refractivity contribution in [2.75, 3.05) is 7.11 Å². The minimum Gasteiger partial charge on any atom is -0.497 e. The van der Waals surface area contributed by atoms with Gasteiger partial charge in [-0.3, -0.25) is 0 Å². The topological polar surface area (TPSA) is 27.1 Å². The van der Waals surface area contributed by atoms with Crippen LogP contribution in [-0.4, -0.2) is 16.7 Å². The molecule has 2 aromatic rings. The zero-order valence-electron chi connectivity index (χ0n) is 11.6. The Morgan fingerprint density at radius 3 is 2.84 bits per heavy atom. The normalized spacial score (nSPS) is 18.1. The first-order chi connectivity index (χ1) is 9.24. The van der Waals surface area contributed by atoms with E-state index in [2.05, 4.69) is 29.8 Å². The summed E-state index contributed by atoms with van der Waals surface area (Å²) in [6.45, 7) is 3.42. The first-order valence-electron chi connectivity index (χ1n) is 6.92. The summed E-state index contributed by atoms with van der Waals surface area (Å²) >= 11 is 0. The smallest absolute Gasteiger partial charge is 0.118 e. The number of methoxy groups -OCH3 is 1. The summed E-state index contributed by atoms with van der Waals surface area (Å²) in [5, 5.41) is 0. The number of hydrogen-bond donors (Lipinski definition) is 0. The van der Waals surface area contributed by atoms with Crippen LogP contribution in [0.1, 0.15) is 30.4 Å². The summed E-state index contributed by atoms with van der Waals surface area (Å²) in [4.78, 5) is 4.77. The molecule has 0 radical (unpaired) electrons. The van der Waals surface area contributed by atoms with Crippen molar-refractivity contribution in [3.63, 3.8) is 0 Å². The van der Waals surface area contributed by atoms with Crippen molar-refractivity contribution in [2.45, 2.75) is 32.7 Å². The SMILES string of the molecule is COc1ccc(Cc2cn3c(n2)CC(C)CC3)cc1. The van der Waals surface area contributed by atoms with Gasteiger partial charge < -0.3 is 9.30 Å². The highest BCUT2D eigenvalue weighted by atomic mass is 16.5. The van der Waals surface area contributed by atoms with Gasteiger partial charge in [0.2, 0.25) is 0 Å². The van der Waals surface area contributed by atoms with E-state index in [-0.39, 0.29) is 0 Å². The molecule has 0 aliphatic carbocycles. The minimum absolute atomic E-state index is 0.767. The molecule has 19 heavy (non-hydrogen) atoms. The molecule has 3 rings (SSSR count).